The number of aromatic amines is 1. The molecule has 2 aromatic carbocycles. The fraction of sp³-hybridized carbons (Fsp3) is 0.490. The van der Waals surface area contributed by atoms with Gasteiger partial charge in [0.2, 0.25) is 11.9 Å². The number of rotatable bonds is 14. The number of pyridine rings is 2. The van der Waals surface area contributed by atoms with Crippen molar-refractivity contribution in [1.29, 1.82) is 0 Å². The van der Waals surface area contributed by atoms with Crippen LogP contribution < -0.4 is 19.7 Å². The predicted molar refractivity (Wildman–Crippen MR) is 253 cm³/mol. The monoisotopic (exact) mass is 1030 g/mol. The average molecular weight is 1030 g/mol. The minimum atomic E-state index is -5.65. The molecular weight excluding hydrogens is 976 g/mol. The second-order valence-corrected chi connectivity index (χ2v) is 21.5. The Labute approximate surface area is 410 Å². The van der Waals surface area contributed by atoms with Crippen LogP contribution in [0.25, 0.3) is 11.0 Å². The molecule has 1 saturated carbocycles. The fourth-order valence-corrected chi connectivity index (χ4v) is 12.1. The third kappa shape index (κ3) is 10.5. The van der Waals surface area contributed by atoms with Gasteiger partial charge in [-0.3, -0.25) is 24.7 Å². The molecule has 4 aliphatic rings. The van der Waals surface area contributed by atoms with E-state index < -0.39 is 88.0 Å². The molecule has 4 fully saturated rings. The number of hydrogen-bond donors (Lipinski definition) is 3. The highest BCUT2D eigenvalue weighted by atomic mass is 32.2. The van der Waals surface area contributed by atoms with Gasteiger partial charge in [0.05, 0.1) is 16.0 Å². The van der Waals surface area contributed by atoms with E-state index in [0.717, 1.165) is 50.8 Å². The summed E-state index contributed by atoms with van der Waals surface area (Å²) in [4.78, 5) is 41.4. The summed E-state index contributed by atoms with van der Waals surface area (Å²) in [5, 5.41) is 15.3. The Hall–Kier alpha value is -6.07. The van der Waals surface area contributed by atoms with Gasteiger partial charge < -0.3 is 19.9 Å². The van der Waals surface area contributed by atoms with Crippen LogP contribution in [0, 0.1) is 15.5 Å². The van der Waals surface area contributed by atoms with Gasteiger partial charge in [-0.15, -0.1) is 0 Å². The number of nitrogens with one attached hydrogen (secondary N) is 3. The van der Waals surface area contributed by atoms with Gasteiger partial charge in [-0.2, -0.15) is 31.3 Å². The summed E-state index contributed by atoms with van der Waals surface area (Å²) in [7, 11) is -4.86. The lowest BCUT2D eigenvalue weighted by atomic mass is 9.60. The first-order chi connectivity index (χ1) is 34.0. The van der Waals surface area contributed by atoms with Gasteiger partial charge in [0, 0.05) is 62.5 Å². The van der Waals surface area contributed by atoms with E-state index in [0.29, 0.717) is 54.0 Å². The molecule has 3 aromatic heterocycles. The Morgan fingerprint density at radius 2 is 1.65 bits per heavy atom. The molecule has 23 heteroatoms. The van der Waals surface area contributed by atoms with Crippen molar-refractivity contribution in [2.75, 3.05) is 49.5 Å². The molecule has 1 atom stereocenters. The van der Waals surface area contributed by atoms with Crippen molar-refractivity contribution in [3.05, 3.63) is 106 Å². The number of carbonyl (C=O) groups excluding carboxylic acids is 1. The number of alkyl halides is 7. The van der Waals surface area contributed by atoms with Crippen molar-refractivity contribution >= 4 is 44.2 Å². The molecule has 0 bridgehead atoms. The quantitative estimate of drug-likeness (QED) is 0.0545. The van der Waals surface area contributed by atoms with E-state index >= 15 is 4.39 Å². The van der Waals surface area contributed by atoms with Crippen LogP contribution in [0.3, 0.4) is 0 Å². The van der Waals surface area contributed by atoms with Crippen LogP contribution in [0.1, 0.15) is 98.7 Å². The van der Waals surface area contributed by atoms with Gasteiger partial charge in [0.15, 0.2) is 0 Å². The number of H-pyrrole nitrogens is 1. The molecule has 9 rings (SSSR count). The Balaban J connectivity index is 0.877. The first-order valence-corrected chi connectivity index (χ1v) is 25.4. The highest BCUT2D eigenvalue weighted by molar-refractivity contribution is 7.90. The summed E-state index contributed by atoms with van der Waals surface area (Å²) in [6.45, 7) is 4.39. The van der Waals surface area contributed by atoms with Crippen LogP contribution >= 0.6 is 0 Å². The summed E-state index contributed by atoms with van der Waals surface area (Å²) in [6.07, 6.45) is -3.32. The number of anilines is 2. The number of benzene rings is 2. The van der Waals surface area contributed by atoms with Crippen LogP contribution in [0.4, 0.5) is 47.9 Å². The van der Waals surface area contributed by atoms with Crippen LogP contribution in [-0.4, -0.2) is 113 Å². The molecule has 5 aromatic rings. The van der Waals surface area contributed by atoms with Crippen molar-refractivity contribution in [1.82, 2.24) is 29.5 Å². The van der Waals surface area contributed by atoms with E-state index in [1.807, 2.05) is 4.72 Å². The molecule has 3 aliphatic heterocycles. The summed E-state index contributed by atoms with van der Waals surface area (Å²) < 4.78 is 131. The van der Waals surface area contributed by atoms with E-state index in [2.05, 4.69) is 63.2 Å². The number of nitro groups is 1. The predicted octanol–water partition coefficient (Wildman–Crippen LogP) is 10.2. The molecule has 1 amide bonds. The minimum absolute atomic E-state index is 0.0943. The molecule has 0 radical (unpaired) electrons. The second kappa shape index (κ2) is 19.4. The molecule has 1 unspecified atom stereocenters. The summed E-state index contributed by atoms with van der Waals surface area (Å²) in [5.74, 6) is -0.266. The average Bonchev–Trinajstić information content (AvgIpc) is 4.00. The number of likely N-dealkylation sites (tertiary alicyclic amines) is 2. The number of halogens is 7. The first kappa shape index (κ1) is 50.9. The van der Waals surface area contributed by atoms with E-state index in [1.165, 1.54) is 29.8 Å². The molecular formula is C49H54F7N9O6S. The van der Waals surface area contributed by atoms with Gasteiger partial charge in [-0.1, -0.05) is 38.1 Å². The standard InChI is InChI=1S/C49H54F7N9O6S/c1-30(2)35-6-3-4-7-36(35)39-8-5-19-64(39)32-26-46(27-32)14-20-62(21-15-46)41-12-10-37(44(60-41)71-33-24-31-13-18-57-42(31)58-28-33)43(66)61-72(69,70)34-9-11-38(40(25-34)65(67)68)59-29-47(50)16-22-63(23-17-47)45(48(51,52)53)49(54,55)56/h3-4,6-7,9-13,18,24-25,28,30,32,39,45,59H,5,8,14-17,19-23,26-27,29H2,1-2H3,(H,57,58)(H,61,66). The maximum atomic E-state index is 15.8. The Morgan fingerprint density at radius 1 is 0.944 bits per heavy atom. The molecule has 386 valence electrons. The van der Waals surface area contributed by atoms with Crippen LogP contribution in [0.5, 0.6) is 11.6 Å². The Morgan fingerprint density at radius 3 is 2.33 bits per heavy atom. The van der Waals surface area contributed by atoms with Gasteiger partial charge in [-0.05, 0) is 117 Å². The number of fused-ring (bicyclic) bond motifs is 1. The lowest BCUT2D eigenvalue weighted by molar-refractivity contribution is -0.384. The largest absolute Gasteiger partial charge is 0.436 e. The Bertz CT molecular complexity index is 2920. The normalized spacial score (nSPS) is 20.0. The first-order valence-electron chi connectivity index (χ1n) is 23.9. The van der Waals surface area contributed by atoms with E-state index in [1.54, 1.807) is 24.4 Å². The summed E-state index contributed by atoms with van der Waals surface area (Å²) in [5.41, 5.74) is -0.286. The number of aromatic nitrogens is 3. The van der Waals surface area contributed by atoms with E-state index in [4.69, 9.17) is 9.72 Å². The maximum Gasteiger partial charge on any atom is 0.412 e. The molecule has 3 saturated heterocycles. The van der Waals surface area contributed by atoms with Crippen molar-refractivity contribution < 1.29 is 53.6 Å². The SMILES string of the molecule is CC(C)c1ccccc1C1CCCN1C1CC2(CCN(c3ccc(C(=O)NS(=O)(=O)c4ccc(NCC5(F)CCN(C(C(F)(F)F)C(F)(F)F)CC5)c([N+](=O)[O-])c4)c(Oc4cnc5[nH]ccc5c4)n3)CC2)C1. The van der Waals surface area contributed by atoms with Crippen molar-refractivity contribution in [3.63, 3.8) is 0 Å². The van der Waals surface area contributed by atoms with E-state index in [9.17, 15) is 49.7 Å². The van der Waals surface area contributed by atoms with Gasteiger partial charge >= 0.3 is 12.4 Å². The molecule has 1 spiro atoms. The van der Waals surface area contributed by atoms with Crippen LogP contribution in [0.15, 0.2) is 84.0 Å². The summed E-state index contributed by atoms with van der Waals surface area (Å²) >= 11 is 0. The summed E-state index contributed by atoms with van der Waals surface area (Å²) in [6, 6.07) is 14.8. The van der Waals surface area contributed by atoms with Gasteiger partial charge in [0.1, 0.15) is 34.1 Å². The van der Waals surface area contributed by atoms with Crippen LogP contribution in [0.2, 0.25) is 0 Å². The number of ether oxygens (including phenoxy) is 1. The van der Waals surface area contributed by atoms with Crippen molar-refractivity contribution in [2.45, 2.75) is 112 Å². The smallest absolute Gasteiger partial charge is 0.412 e. The molecule has 3 N–H and O–H groups in total. The topological polar surface area (TPSA) is 179 Å². The number of hydrogen-bond acceptors (Lipinski definition) is 12. The molecule has 72 heavy (non-hydrogen) atoms. The number of piperidine rings is 2. The maximum absolute atomic E-state index is 15.8. The van der Waals surface area contributed by atoms with Gasteiger partial charge in [-0.25, -0.2) is 22.5 Å². The van der Waals surface area contributed by atoms with Crippen molar-refractivity contribution in [2.24, 2.45) is 5.41 Å². The lowest BCUT2D eigenvalue weighted by Gasteiger charge is -2.56. The highest BCUT2D eigenvalue weighted by Gasteiger charge is 2.60. The second-order valence-electron chi connectivity index (χ2n) is 19.8. The lowest BCUT2D eigenvalue weighted by Crippen LogP contribution is -2.59. The number of nitrogens with zero attached hydrogens (tertiary/aromatic N) is 6. The van der Waals surface area contributed by atoms with Gasteiger partial charge in [0.25, 0.3) is 21.6 Å². The zero-order valence-electron chi connectivity index (χ0n) is 39.4. The minimum Gasteiger partial charge on any atom is -0.436 e. The van der Waals surface area contributed by atoms with Crippen molar-refractivity contribution in [3.8, 4) is 11.6 Å². The number of sulfonamides is 1. The Kier molecular flexibility index (Phi) is 13.7. The third-order valence-electron chi connectivity index (χ3n) is 14.9. The number of carbonyl (C=O) groups is 1. The highest BCUT2D eigenvalue weighted by Crippen LogP contribution is 2.54. The fourth-order valence-electron chi connectivity index (χ4n) is 11.1. The zero-order chi connectivity index (χ0) is 51.4. The molecule has 15 nitrogen and oxygen atoms in total. The zero-order valence-corrected chi connectivity index (χ0v) is 40.2. The molecule has 1 aliphatic carbocycles. The number of amides is 1. The number of nitro benzene ring substituents is 1. The van der Waals surface area contributed by atoms with Crippen LogP contribution in [-0.2, 0) is 10.0 Å². The van der Waals surface area contributed by atoms with E-state index in [-0.39, 0.29) is 33.2 Å². The third-order valence-corrected chi connectivity index (χ3v) is 16.2. The molecule has 6 heterocycles.